The van der Waals surface area contributed by atoms with E-state index in [1.54, 1.807) is 56.4 Å². The molecule has 2 rings (SSSR count). The van der Waals surface area contributed by atoms with Gasteiger partial charge in [-0.05, 0) is 42.3 Å². The van der Waals surface area contributed by atoms with E-state index in [1.807, 2.05) is 0 Å². The number of hydrogen-bond donors (Lipinski definition) is 1. The average molecular weight is 414 g/mol. The zero-order valence-electron chi connectivity index (χ0n) is 14.4. The van der Waals surface area contributed by atoms with Crippen molar-refractivity contribution in [3.05, 3.63) is 68.7 Å². The van der Waals surface area contributed by atoms with Gasteiger partial charge in [-0.2, -0.15) is 0 Å². The smallest absolute Gasteiger partial charge is 0.242 e. The molecule has 2 amide bonds. The van der Waals surface area contributed by atoms with Gasteiger partial charge in [0.2, 0.25) is 11.8 Å². The van der Waals surface area contributed by atoms with Crippen LogP contribution in [0.4, 0.5) is 0 Å². The number of carbonyl (C=O) groups is 2. The van der Waals surface area contributed by atoms with E-state index in [-0.39, 0.29) is 24.8 Å². The lowest BCUT2D eigenvalue weighted by Gasteiger charge is -2.28. The van der Waals surface area contributed by atoms with Gasteiger partial charge in [0, 0.05) is 18.6 Å². The zero-order chi connectivity index (χ0) is 19.3. The lowest BCUT2D eigenvalue weighted by atomic mass is 10.1. The molecular weight excluding hydrogens is 395 g/mol. The second kappa shape index (κ2) is 9.26. The molecule has 0 radical (unpaired) electrons. The molecule has 2 aromatic carbocycles. The Morgan fingerprint density at radius 2 is 1.62 bits per heavy atom. The first kappa shape index (κ1) is 20.6. The van der Waals surface area contributed by atoms with Crippen LogP contribution in [0.3, 0.4) is 0 Å². The molecular formula is C19H19Cl3N2O2. The van der Waals surface area contributed by atoms with Crippen molar-refractivity contribution in [3.63, 3.8) is 0 Å². The summed E-state index contributed by atoms with van der Waals surface area (Å²) in [6.07, 6.45) is 0.166. The Bertz CT molecular complexity index is 794. The fraction of sp³-hybridized carbons (Fsp3) is 0.263. The van der Waals surface area contributed by atoms with E-state index in [4.69, 9.17) is 34.8 Å². The van der Waals surface area contributed by atoms with Gasteiger partial charge >= 0.3 is 0 Å². The molecule has 0 saturated carbocycles. The lowest BCUT2D eigenvalue weighted by Crippen LogP contribution is -2.47. The Hall–Kier alpha value is -1.75. The van der Waals surface area contributed by atoms with Gasteiger partial charge in [-0.15, -0.1) is 0 Å². The summed E-state index contributed by atoms with van der Waals surface area (Å²) in [4.78, 5) is 26.5. The van der Waals surface area contributed by atoms with Crippen molar-refractivity contribution in [1.82, 2.24) is 10.2 Å². The quantitative estimate of drug-likeness (QED) is 0.765. The second-order valence-electron chi connectivity index (χ2n) is 5.86. The highest BCUT2D eigenvalue weighted by Gasteiger charge is 2.25. The predicted octanol–water partition coefficient (Wildman–Crippen LogP) is 4.35. The minimum Gasteiger partial charge on any atom is -0.357 e. The summed E-state index contributed by atoms with van der Waals surface area (Å²) in [7, 11) is 1.54. The minimum atomic E-state index is -0.630. The Morgan fingerprint density at radius 3 is 2.19 bits per heavy atom. The Balaban J connectivity index is 2.24. The number of rotatable bonds is 6. The van der Waals surface area contributed by atoms with E-state index in [1.165, 1.54) is 4.90 Å². The number of likely N-dealkylation sites (N-methyl/N-ethyl adjacent to an activating group) is 1. The third-order valence-corrected chi connectivity index (χ3v) is 5.01. The van der Waals surface area contributed by atoms with E-state index in [0.717, 1.165) is 11.1 Å². The summed E-state index contributed by atoms with van der Waals surface area (Å²) in [6.45, 7) is 1.94. The van der Waals surface area contributed by atoms with E-state index in [0.29, 0.717) is 15.1 Å². The first-order chi connectivity index (χ1) is 12.3. The molecule has 4 nitrogen and oxygen atoms in total. The molecule has 2 aromatic rings. The number of amides is 2. The third kappa shape index (κ3) is 5.37. The summed E-state index contributed by atoms with van der Waals surface area (Å²) < 4.78 is 0. The molecule has 26 heavy (non-hydrogen) atoms. The van der Waals surface area contributed by atoms with Crippen LogP contribution >= 0.6 is 34.8 Å². The fourth-order valence-electron chi connectivity index (χ4n) is 2.50. The van der Waals surface area contributed by atoms with Crippen molar-refractivity contribution >= 4 is 46.6 Å². The van der Waals surface area contributed by atoms with Crippen molar-refractivity contribution in [2.24, 2.45) is 0 Å². The maximum absolute atomic E-state index is 12.9. The second-order valence-corrected chi connectivity index (χ2v) is 7.11. The standard InChI is InChI=1S/C19H19Cl3N2O2/c1-12(19(26)23-2)24(11-14-5-8-16(21)17(22)9-14)18(25)10-13-3-6-15(20)7-4-13/h3-9,12H,10-11H2,1-2H3,(H,23,26)/t12-/m0/s1. The maximum atomic E-state index is 12.9. The average Bonchev–Trinajstić information content (AvgIpc) is 2.63. The van der Waals surface area contributed by atoms with Crippen LogP contribution in [0.15, 0.2) is 42.5 Å². The van der Waals surface area contributed by atoms with E-state index < -0.39 is 6.04 Å². The van der Waals surface area contributed by atoms with Gasteiger partial charge in [-0.1, -0.05) is 53.0 Å². The van der Waals surface area contributed by atoms with Crippen molar-refractivity contribution in [2.45, 2.75) is 25.9 Å². The van der Waals surface area contributed by atoms with Crippen LogP contribution in [-0.2, 0) is 22.6 Å². The summed E-state index contributed by atoms with van der Waals surface area (Å²) >= 11 is 17.9. The molecule has 0 bridgehead atoms. The van der Waals surface area contributed by atoms with Crippen LogP contribution < -0.4 is 5.32 Å². The molecule has 0 aliphatic heterocycles. The van der Waals surface area contributed by atoms with Crippen molar-refractivity contribution in [2.75, 3.05) is 7.05 Å². The monoisotopic (exact) mass is 412 g/mol. The van der Waals surface area contributed by atoms with Crippen LogP contribution in [0.2, 0.25) is 15.1 Å². The van der Waals surface area contributed by atoms with Crippen LogP contribution in [0.25, 0.3) is 0 Å². The number of nitrogens with zero attached hydrogens (tertiary/aromatic N) is 1. The topological polar surface area (TPSA) is 49.4 Å². The Kier molecular flexibility index (Phi) is 7.33. The number of benzene rings is 2. The number of halogens is 3. The summed E-state index contributed by atoms with van der Waals surface area (Å²) in [5, 5.41) is 4.03. The van der Waals surface area contributed by atoms with Crippen LogP contribution in [0.5, 0.6) is 0 Å². The molecule has 0 aliphatic carbocycles. The number of hydrogen-bond acceptors (Lipinski definition) is 2. The molecule has 0 heterocycles. The van der Waals surface area contributed by atoms with Gasteiger partial charge in [0.25, 0.3) is 0 Å². The van der Waals surface area contributed by atoms with Gasteiger partial charge in [0.05, 0.1) is 16.5 Å². The van der Waals surface area contributed by atoms with Crippen LogP contribution in [0.1, 0.15) is 18.1 Å². The fourth-order valence-corrected chi connectivity index (χ4v) is 2.95. The number of carbonyl (C=O) groups excluding carboxylic acids is 2. The molecule has 138 valence electrons. The molecule has 0 fully saturated rings. The highest BCUT2D eigenvalue weighted by molar-refractivity contribution is 6.42. The first-order valence-electron chi connectivity index (χ1n) is 8.01. The van der Waals surface area contributed by atoms with Gasteiger partial charge < -0.3 is 10.2 Å². The minimum absolute atomic E-state index is 0.166. The van der Waals surface area contributed by atoms with Crippen molar-refractivity contribution in [3.8, 4) is 0 Å². The van der Waals surface area contributed by atoms with Gasteiger partial charge in [0.1, 0.15) is 6.04 Å². The molecule has 0 saturated heterocycles. The molecule has 1 N–H and O–H groups in total. The summed E-state index contributed by atoms with van der Waals surface area (Å²) in [5.41, 5.74) is 1.61. The van der Waals surface area contributed by atoms with Gasteiger partial charge in [-0.25, -0.2) is 0 Å². The van der Waals surface area contributed by atoms with Crippen LogP contribution in [-0.4, -0.2) is 29.8 Å². The van der Waals surface area contributed by atoms with Crippen molar-refractivity contribution in [1.29, 1.82) is 0 Å². The number of nitrogens with one attached hydrogen (secondary N) is 1. The molecule has 1 atom stereocenters. The summed E-state index contributed by atoms with van der Waals surface area (Å²) in [5.74, 6) is -0.413. The lowest BCUT2D eigenvalue weighted by molar-refractivity contribution is -0.139. The van der Waals surface area contributed by atoms with Crippen molar-refractivity contribution < 1.29 is 9.59 Å². The molecule has 0 aromatic heterocycles. The maximum Gasteiger partial charge on any atom is 0.242 e. The third-order valence-electron chi connectivity index (χ3n) is 4.02. The summed E-state index contributed by atoms with van der Waals surface area (Å²) in [6, 6.07) is 11.6. The molecule has 0 aliphatic rings. The highest BCUT2D eigenvalue weighted by Crippen LogP contribution is 2.24. The van der Waals surface area contributed by atoms with E-state index in [9.17, 15) is 9.59 Å². The van der Waals surface area contributed by atoms with Gasteiger partial charge in [-0.3, -0.25) is 9.59 Å². The van der Waals surface area contributed by atoms with Gasteiger partial charge in [0.15, 0.2) is 0 Å². The SMILES string of the molecule is CNC(=O)[C@H](C)N(Cc1ccc(Cl)c(Cl)c1)C(=O)Cc1ccc(Cl)cc1. The zero-order valence-corrected chi connectivity index (χ0v) is 16.7. The first-order valence-corrected chi connectivity index (χ1v) is 9.14. The molecule has 0 spiro atoms. The normalized spacial score (nSPS) is 11.7. The Labute approximate surface area is 168 Å². The van der Waals surface area contributed by atoms with Crippen LogP contribution in [0, 0.1) is 0 Å². The largest absolute Gasteiger partial charge is 0.357 e. The molecule has 7 heteroatoms. The van der Waals surface area contributed by atoms with E-state index in [2.05, 4.69) is 5.32 Å². The van der Waals surface area contributed by atoms with E-state index >= 15 is 0 Å². The highest BCUT2D eigenvalue weighted by atomic mass is 35.5. The molecule has 0 unspecified atom stereocenters. The Morgan fingerprint density at radius 1 is 1.00 bits per heavy atom. The predicted molar refractivity (Wildman–Crippen MR) is 106 cm³/mol.